The fraction of sp³-hybridized carbons (Fsp3) is 0.235. The Hall–Kier alpha value is -2.25. The van der Waals surface area contributed by atoms with Crippen LogP contribution in [0.3, 0.4) is 0 Å². The molecule has 0 bridgehead atoms. The largest absolute Gasteiger partial charge is 0.462 e. The molecule has 0 atom stereocenters. The highest BCUT2D eigenvalue weighted by Gasteiger charge is 2.22. The minimum absolute atomic E-state index is 0.144. The van der Waals surface area contributed by atoms with E-state index < -0.39 is 5.97 Å². The van der Waals surface area contributed by atoms with Crippen molar-refractivity contribution in [1.29, 1.82) is 0 Å². The number of rotatable bonds is 4. The van der Waals surface area contributed by atoms with Gasteiger partial charge in [-0.25, -0.2) is 4.79 Å². The summed E-state index contributed by atoms with van der Waals surface area (Å²) in [6.45, 7) is 5.40. The first-order chi connectivity index (χ1) is 11.4. The molecule has 1 aromatic heterocycles. The molecule has 1 amide bonds. The summed E-state index contributed by atoms with van der Waals surface area (Å²) in [6, 6.07) is 7.88. The SMILES string of the molecule is CCOC(=O)c1c(-c2ccc(C)cc2)csc1NC(=S)NC(C)=O. The molecule has 0 aliphatic carbocycles. The Kier molecular flexibility index (Phi) is 6.05. The third-order valence-corrected chi connectivity index (χ3v) is 4.25. The highest BCUT2D eigenvalue weighted by molar-refractivity contribution is 7.80. The molecule has 0 fully saturated rings. The molecule has 0 saturated heterocycles. The van der Waals surface area contributed by atoms with Gasteiger partial charge in [-0.05, 0) is 31.6 Å². The van der Waals surface area contributed by atoms with Gasteiger partial charge in [0, 0.05) is 17.9 Å². The van der Waals surface area contributed by atoms with E-state index in [9.17, 15) is 9.59 Å². The van der Waals surface area contributed by atoms with E-state index in [4.69, 9.17) is 17.0 Å². The Bertz CT molecular complexity index is 767. The molecule has 2 N–H and O–H groups in total. The summed E-state index contributed by atoms with van der Waals surface area (Å²) in [5.41, 5.74) is 3.24. The number of nitrogens with one attached hydrogen (secondary N) is 2. The predicted octanol–water partition coefficient (Wildman–Crippen LogP) is 3.73. The van der Waals surface area contributed by atoms with Gasteiger partial charge in [0.15, 0.2) is 5.11 Å². The first-order valence-corrected chi connectivity index (χ1v) is 8.65. The van der Waals surface area contributed by atoms with E-state index in [0.717, 1.165) is 16.7 Å². The zero-order chi connectivity index (χ0) is 17.7. The van der Waals surface area contributed by atoms with Crippen LogP contribution < -0.4 is 10.6 Å². The second-order valence-electron chi connectivity index (χ2n) is 5.08. The molecule has 1 aromatic carbocycles. The molecule has 126 valence electrons. The number of aryl methyl sites for hydroxylation is 1. The van der Waals surface area contributed by atoms with Gasteiger partial charge in [-0.3, -0.25) is 4.79 Å². The molecule has 0 unspecified atom stereocenters. The minimum Gasteiger partial charge on any atom is -0.462 e. The van der Waals surface area contributed by atoms with Crippen LogP contribution in [0.25, 0.3) is 11.1 Å². The van der Waals surface area contributed by atoms with Gasteiger partial charge in [0.05, 0.1) is 6.61 Å². The molecule has 0 spiro atoms. The molecule has 2 rings (SSSR count). The van der Waals surface area contributed by atoms with Crippen molar-refractivity contribution in [2.24, 2.45) is 0 Å². The Labute approximate surface area is 150 Å². The summed E-state index contributed by atoms with van der Waals surface area (Å²) < 4.78 is 5.17. The van der Waals surface area contributed by atoms with Crippen molar-refractivity contribution >= 4 is 45.5 Å². The van der Waals surface area contributed by atoms with Gasteiger partial charge in [-0.15, -0.1) is 11.3 Å². The molecular weight excluding hydrogens is 344 g/mol. The highest BCUT2D eigenvalue weighted by atomic mass is 32.1. The molecule has 0 radical (unpaired) electrons. The van der Waals surface area contributed by atoms with E-state index in [1.165, 1.54) is 18.3 Å². The number of amides is 1. The first-order valence-electron chi connectivity index (χ1n) is 7.36. The average molecular weight is 362 g/mol. The maximum Gasteiger partial charge on any atom is 0.341 e. The van der Waals surface area contributed by atoms with Crippen molar-refractivity contribution in [3.8, 4) is 11.1 Å². The van der Waals surface area contributed by atoms with Crippen molar-refractivity contribution in [2.45, 2.75) is 20.8 Å². The van der Waals surface area contributed by atoms with Crippen LogP contribution in [0.5, 0.6) is 0 Å². The third kappa shape index (κ3) is 4.39. The zero-order valence-corrected chi connectivity index (χ0v) is 15.3. The van der Waals surface area contributed by atoms with Crippen molar-refractivity contribution in [1.82, 2.24) is 5.32 Å². The normalized spacial score (nSPS) is 10.1. The third-order valence-electron chi connectivity index (χ3n) is 3.15. The fourth-order valence-corrected chi connectivity index (χ4v) is 3.37. The van der Waals surface area contributed by atoms with E-state index in [0.29, 0.717) is 10.6 Å². The number of thiocarbonyl (C=S) groups is 1. The maximum absolute atomic E-state index is 12.4. The van der Waals surface area contributed by atoms with Gasteiger partial charge in [-0.2, -0.15) is 0 Å². The monoisotopic (exact) mass is 362 g/mol. The Morgan fingerprint density at radius 2 is 1.92 bits per heavy atom. The minimum atomic E-state index is -0.428. The van der Waals surface area contributed by atoms with Gasteiger partial charge >= 0.3 is 5.97 Å². The molecular formula is C17H18N2O3S2. The van der Waals surface area contributed by atoms with Crippen molar-refractivity contribution < 1.29 is 14.3 Å². The molecule has 0 saturated carbocycles. The fourth-order valence-electron chi connectivity index (χ4n) is 2.10. The number of hydrogen-bond acceptors (Lipinski definition) is 5. The lowest BCUT2D eigenvalue weighted by atomic mass is 10.0. The number of hydrogen-bond donors (Lipinski definition) is 2. The van der Waals surface area contributed by atoms with E-state index in [-0.39, 0.29) is 17.6 Å². The number of esters is 1. The standard InChI is InChI=1S/C17H18N2O3S2/c1-4-22-16(21)14-13(12-7-5-10(2)6-8-12)9-24-15(14)19-17(23)18-11(3)20/h5-9H,4H2,1-3H3,(H2,18,19,20,23). The van der Waals surface area contributed by atoms with Gasteiger partial charge in [0.2, 0.25) is 5.91 Å². The average Bonchev–Trinajstić information content (AvgIpc) is 2.91. The Morgan fingerprint density at radius 3 is 2.50 bits per heavy atom. The maximum atomic E-state index is 12.4. The molecule has 1 heterocycles. The summed E-state index contributed by atoms with van der Waals surface area (Å²) in [6.07, 6.45) is 0. The van der Waals surface area contributed by atoms with Crippen LogP contribution in [0, 0.1) is 6.92 Å². The van der Waals surface area contributed by atoms with Crippen molar-refractivity contribution in [2.75, 3.05) is 11.9 Å². The van der Waals surface area contributed by atoms with E-state index in [1.807, 2.05) is 36.6 Å². The lowest BCUT2D eigenvalue weighted by molar-refractivity contribution is -0.117. The Balaban J connectivity index is 2.41. The molecule has 24 heavy (non-hydrogen) atoms. The Morgan fingerprint density at radius 1 is 1.25 bits per heavy atom. The molecule has 0 aliphatic rings. The lowest BCUT2D eigenvalue weighted by Gasteiger charge is -2.10. The molecule has 0 aliphatic heterocycles. The van der Waals surface area contributed by atoms with Crippen LogP contribution in [-0.2, 0) is 9.53 Å². The summed E-state index contributed by atoms with van der Waals surface area (Å²) in [7, 11) is 0. The molecule has 7 heteroatoms. The second kappa shape index (κ2) is 8.03. The molecule has 5 nitrogen and oxygen atoms in total. The van der Waals surface area contributed by atoms with Crippen LogP contribution >= 0.6 is 23.6 Å². The van der Waals surface area contributed by atoms with Gasteiger partial charge in [-0.1, -0.05) is 29.8 Å². The van der Waals surface area contributed by atoms with Crippen LogP contribution in [-0.4, -0.2) is 23.6 Å². The zero-order valence-electron chi connectivity index (χ0n) is 13.6. The summed E-state index contributed by atoms with van der Waals surface area (Å²) in [5, 5.41) is 7.94. The number of ether oxygens (including phenoxy) is 1. The van der Waals surface area contributed by atoms with Gasteiger partial charge < -0.3 is 15.4 Å². The summed E-state index contributed by atoms with van der Waals surface area (Å²) in [5.74, 6) is -0.706. The van der Waals surface area contributed by atoms with E-state index >= 15 is 0 Å². The lowest BCUT2D eigenvalue weighted by Crippen LogP contribution is -2.32. The number of benzene rings is 1. The van der Waals surface area contributed by atoms with E-state index in [1.54, 1.807) is 6.92 Å². The second-order valence-corrected chi connectivity index (χ2v) is 6.36. The van der Waals surface area contributed by atoms with Crippen LogP contribution in [0.15, 0.2) is 29.6 Å². The first kappa shape index (κ1) is 18.1. The quantitative estimate of drug-likeness (QED) is 0.641. The van der Waals surface area contributed by atoms with Gasteiger partial charge in [0.25, 0.3) is 0 Å². The number of anilines is 1. The number of thiophene rings is 1. The predicted molar refractivity (Wildman–Crippen MR) is 100 cm³/mol. The summed E-state index contributed by atoms with van der Waals surface area (Å²) >= 11 is 6.41. The van der Waals surface area contributed by atoms with Crippen molar-refractivity contribution in [3.05, 3.63) is 40.8 Å². The summed E-state index contributed by atoms with van der Waals surface area (Å²) in [4.78, 5) is 23.5. The van der Waals surface area contributed by atoms with Crippen LogP contribution in [0.1, 0.15) is 29.8 Å². The van der Waals surface area contributed by atoms with Crippen LogP contribution in [0.2, 0.25) is 0 Å². The van der Waals surface area contributed by atoms with Gasteiger partial charge in [0.1, 0.15) is 10.6 Å². The van der Waals surface area contributed by atoms with Crippen LogP contribution in [0.4, 0.5) is 5.00 Å². The highest BCUT2D eigenvalue weighted by Crippen LogP contribution is 2.36. The number of carbonyl (C=O) groups excluding carboxylic acids is 2. The number of carbonyl (C=O) groups is 2. The van der Waals surface area contributed by atoms with Crippen molar-refractivity contribution in [3.63, 3.8) is 0 Å². The smallest absolute Gasteiger partial charge is 0.341 e. The molecule has 2 aromatic rings. The van der Waals surface area contributed by atoms with E-state index in [2.05, 4.69) is 10.6 Å². The topological polar surface area (TPSA) is 67.4 Å².